The number of likely N-dealkylation sites (N-methyl/N-ethyl adjacent to an activating group) is 1. The van der Waals surface area contributed by atoms with Gasteiger partial charge in [-0.2, -0.15) is 10.6 Å². The number of rotatable bonds is 1. The molecule has 0 spiro atoms. The van der Waals surface area contributed by atoms with Crippen LogP contribution >= 0.6 is 10.6 Å². The van der Waals surface area contributed by atoms with E-state index in [1.165, 1.54) is 7.05 Å². The van der Waals surface area contributed by atoms with Crippen LogP contribution in [0, 0.1) is 0 Å². The van der Waals surface area contributed by atoms with Gasteiger partial charge in [-0.15, -0.1) is 0 Å². The number of carbonyl (C=O) groups is 1. The Balaban J connectivity index is 2.95. The minimum atomic E-state index is -2.88. The van der Waals surface area contributed by atoms with Crippen LogP contribution in [0.2, 0.25) is 0 Å². The standard InChI is InChI=1S/C7H14N2O3S/c1-7(2)5(6(10)8-3)9-4-13(7,11)12/h4-5,11-12H,1-3H3,(H,8,10). The van der Waals surface area contributed by atoms with Crippen LogP contribution in [-0.4, -0.2) is 38.4 Å². The number of nitrogens with one attached hydrogen (secondary N) is 1. The topological polar surface area (TPSA) is 81.9 Å². The lowest BCUT2D eigenvalue weighted by molar-refractivity contribution is -0.122. The zero-order valence-corrected chi connectivity index (χ0v) is 8.63. The van der Waals surface area contributed by atoms with Crippen molar-refractivity contribution in [3.05, 3.63) is 0 Å². The van der Waals surface area contributed by atoms with Crippen molar-refractivity contribution in [1.82, 2.24) is 5.32 Å². The number of aliphatic imine (C=N–C) groups is 1. The molecular weight excluding hydrogens is 192 g/mol. The van der Waals surface area contributed by atoms with E-state index in [-0.39, 0.29) is 5.91 Å². The summed E-state index contributed by atoms with van der Waals surface area (Å²) in [5, 5.41) is 2.44. The van der Waals surface area contributed by atoms with E-state index in [4.69, 9.17) is 0 Å². The number of hydrogen-bond donors (Lipinski definition) is 3. The number of amides is 1. The Labute approximate surface area is 78.6 Å². The van der Waals surface area contributed by atoms with Crippen molar-refractivity contribution in [3.63, 3.8) is 0 Å². The molecule has 0 aromatic heterocycles. The second-order valence-electron chi connectivity index (χ2n) is 3.47. The molecule has 0 saturated carbocycles. The second kappa shape index (κ2) is 2.97. The van der Waals surface area contributed by atoms with Crippen molar-refractivity contribution >= 4 is 22.0 Å². The molecule has 6 heteroatoms. The number of hydrogen-bond acceptors (Lipinski definition) is 4. The zero-order valence-electron chi connectivity index (χ0n) is 7.81. The molecule has 5 nitrogen and oxygen atoms in total. The molecule has 13 heavy (non-hydrogen) atoms. The van der Waals surface area contributed by atoms with E-state index in [1.807, 2.05) is 0 Å². The molecule has 3 N–H and O–H groups in total. The molecule has 0 fully saturated rings. The van der Waals surface area contributed by atoms with Gasteiger partial charge in [-0.3, -0.25) is 18.9 Å². The van der Waals surface area contributed by atoms with Crippen LogP contribution in [0.5, 0.6) is 0 Å². The molecule has 0 aromatic rings. The molecule has 0 bridgehead atoms. The van der Waals surface area contributed by atoms with Gasteiger partial charge in [0.25, 0.3) is 0 Å². The minimum absolute atomic E-state index is 0.293. The third-order valence-electron chi connectivity index (χ3n) is 2.28. The Morgan fingerprint density at radius 1 is 1.62 bits per heavy atom. The number of nitrogens with zero attached hydrogens (tertiary/aromatic N) is 1. The first-order valence-corrected chi connectivity index (χ1v) is 5.46. The normalized spacial score (nSPS) is 31.3. The van der Waals surface area contributed by atoms with Gasteiger partial charge in [-0.05, 0) is 13.8 Å². The first kappa shape index (κ1) is 10.5. The predicted molar refractivity (Wildman–Crippen MR) is 53.3 cm³/mol. The lowest BCUT2D eigenvalue weighted by Gasteiger charge is -2.40. The van der Waals surface area contributed by atoms with E-state index in [9.17, 15) is 13.9 Å². The molecule has 1 amide bonds. The largest absolute Gasteiger partial charge is 0.357 e. The Morgan fingerprint density at radius 2 is 2.15 bits per heavy atom. The van der Waals surface area contributed by atoms with Crippen LogP contribution in [-0.2, 0) is 4.79 Å². The third kappa shape index (κ3) is 1.45. The molecule has 76 valence electrons. The predicted octanol–water partition coefficient (Wildman–Crippen LogP) is 0.672. The van der Waals surface area contributed by atoms with Crippen molar-refractivity contribution < 1.29 is 13.9 Å². The Kier molecular flexibility index (Phi) is 2.40. The lowest BCUT2D eigenvalue weighted by Crippen LogP contribution is -2.45. The summed E-state index contributed by atoms with van der Waals surface area (Å²) in [7, 11) is -1.38. The highest BCUT2D eigenvalue weighted by atomic mass is 32.3. The third-order valence-corrected chi connectivity index (χ3v) is 4.47. The summed E-state index contributed by atoms with van der Waals surface area (Å²) >= 11 is 0. The molecular formula is C7H14N2O3S. The van der Waals surface area contributed by atoms with Crippen molar-refractivity contribution in [2.24, 2.45) is 4.99 Å². The van der Waals surface area contributed by atoms with Crippen molar-refractivity contribution in [3.8, 4) is 0 Å². The minimum Gasteiger partial charge on any atom is -0.357 e. The van der Waals surface area contributed by atoms with Gasteiger partial charge in [0, 0.05) is 7.05 Å². The van der Waals surface area contributed by atoms with Gasteiger partial charge < -0.3 is 5.32 Å². The average molecular weight is 206 g/mol. The van der Waals surface area contributed by atoms with E-state index in [1.54, 1.807) is 13.8 Å². The van der Waals surface area contributed by atoms with E-state index in [2.05, 4.69) is 10.3 Å². The highest BCUT2D eigenvalue weighted by molar-refractivity contribution is 8.36. The van der Waals surface area contributed by atoms with Gasteiger partial charge in [0.1, 0.15) is 5.55 Å². The maximum atomic E-state index is 11.3. The van der Waals surface area contributed by atoms with Crippen LogP contribution in [0.1, 0.15) is 13.8 Å². The molecule has 1 atom stereocenters. The van der Waals surface area contributed by atoms with Gasteiger partial charge in [0.2, 0.25) is 5.91 Å². The Bertz CT molecular complexity index is 262. The van der Waals surface area contributed by atoms with E-state index >= 15 is 0 Å². The SMILES string of the molecule is CNC(=O)C1N=CS(O)(O)C1(C)C. The summed E-state index contributed by atoms with van der Waals surface area (Å²) in [6.45, 7) is 3.24. The smallest absolute Gasteiger partial charge is 0.246 e. The summed E-state index contributed by atoms with van der Waals surface area (Å²) in [4.78, 5) is 15.1. The summed E-state index contributed by atoms with van der Waals surface area (Å²) in [6.07, 6.45) is 0. The fourth-order valence-corrected chi connectivity index (χ4v) is 2.21. The van der Waals surface area contributed by atoms with Crippen LogP contribution in [0.15, 0.2) is 4.99 Å². The van der Waals surface area contributed by atoms with Gasteiger partial charge in [-0.25, -0.2) is 0 Å². The fraction of sp³-hybridized carbons (Fsp3) is 0.714. The summed E-state index contributed by atoms with van der Waals surface area (Å²) in [6, 6.07) is -0.706. The summed E-state index contributed by atoms with van der Waals surface area (Å²) in [5.74, 6) is -0.293. The van der Waals surface area contributed by atoms with Crippen molar-refractivity contribution in [1.29, 1.82) is 0 Å². The zero-order chi connectivity index (χ0) is 10.3. The molecule has 0 radical (unpaired) electrons. The quantitative estimate of drug-likeness (QED) is 0.589. The van der Waals surface area contributed by atoms with E-state index in [0.29, 0.717) is 0 Å². The maximum absolute atomic E-state index is 11.3. The second-order valence-corrected chi connectivity index (χ2v) is 5.92. The van der Waals surface area contributed by atoms with Gasteiger partial charge in [0.15, 0.2) is 6.04 Å². The van der Waals surface area contributed by atoms with Crippen molar-refractivity contribution in [2.75, 3.05) is 7.05 Å². The van der Waals surface area contributed by atoms with Crippen LogP contribution in [0.25, 0.3) is 0 Å². The number of carbonyl (C=O) groups excluding carboxylic acids is 1. The molecule has 0 aromatic carbocycles. The molecule has 0 saturated heterocycles. The Morgan fingerprint density at radius 3 is 2.46 bits per heavy atom. The highest BCUT2D eigenvalue weighted by Gasteiger charge is 2.48. The van der Waals surface area contributed by atoms with Gasteiger partial charge in [0.05, 0.1) is 4.75 Å². The highest BCUT2D eigenvalue weighted by Crippen LogP contribution is 2.56. The van der Waals surface area contributed by atoms with Gasteiger partial charge >= 0.3 is 0 Å². The summed E-state index contributed by atoms with van der Waals surface area (Å²) < 4.78 is 18.2. The average Bonchev–Trinajstić information content (AvgIpc) is 2.22. The molecule has 1 rings (SSSR count). The van der Waals surface area contributed by atoms with Crippen LogP contribution < -0.4 is 5.32 Å². The van der Waals surface area contributed by atoms with Crippen molar-refractivity contribution in [2.45, 2.75) is 24.6 Å². The summed E-state index contributed by atoms with van der Waals surface area (Å²) in [5.41, 5.74) is 1.09. The molecule has 1 heterocycles. The van der Waals surface area contributed by atoms with Crippen LogP contribution in [0.4, 0.5) is 0 Å². The lowest BCUT2D eigenvalue weighted by atomic mass is 10.0. The van der Waals surface area contributed by atoms with E-state index < -0.39 is 21.4 Å². The Hall–Kier alpha value is -0.590. The first-order chi connectivity index (χ1) is 5.83. The van der Waals surface area contributed by atoms with Gasteiger partial charge in [-0.1, -0.05) is 0 Å². The molecule has 1 unspecified atom stereocenters. The monoisotopic (exact) mass is 206 g/mol. The first-order valence-electron chi connectivity index (χ1n) is 3.85. The molecule has 1 aliphatic rings. The van der Waals surface area contributed by atoms with Crippen LogP contribution in [0.3, 0.4) is 0 Å². The van der Waals surface area contributed by atoms with E-state index in [0.717, 1.165) is 5.55 Å². The maximum Gasteiger partial charge on any atom is 0.246 e. The molecule has 1 aliphatic heterocycles. The molecule has 0 aliphatic carbocycles. The fourth-order valence-electron chi connectivity index (χ4n) is 1.15.